The van der Waals surface area contributed by atoms with Crippen molar-refractivity contribution in [1.82, 2.24) is 5.32 Å². The van der Waals surface area contributed by atoms with Crippen molar-refractivity contribution in [2.75, 3.05) is 13.1 Å². The van der Waals surface area contributed by atoms with E-state index in [1.54, 1.807) is 0 Å². The summed E-state index contributed by atoms with van der Waals surface area (Å²) < 4.78 is 0. The first-order valence-electron chi connectivity index (χ1n) is 6.77. The number of rotatable bonds is 3. The molecule has 1 aliphatic heterocycles. The average Bonchev–Trinajstić information content (AvgIpc) is 2.94. The predicted octanol–water partition coefficient (Wildman–Crippen LogP) is 3.51. The zero-order valence-electron chi connectivity index (χ0n) is 10.6. The lowest BCUT2D eigenvalue weighted by Gasteiger charge is -2.09. The molecular formula is C17H19N. The molecule has 1 fully saturated rings. The van der Waals surface area contributed by atoms with Crippen LogP contribution in [-0.4, -0.2) is 13.1 Å². The van der Waals surface area contributed by atoms with E-state index < -0.39 is 0 Å². The molecule has 1 N–H and O–H groups in total. The highest BCUT2D eigenvalue weighted by Gasteiger charge is 2.14. The molecule has 0 radical (unpaired) electrons. The van der Waals surface area contributed by atoms with Crippen LogP contribution in [0, 0.1) is 5.92 Å². The Kier molecular flexibility index (Phi) is 3.42. The van der Waals surface area contributed by atoms with Gasteiger partial charge in [-0.05, 0) is 48.5 Å². The summed E-state index contributed by atoms with van der Waals surface area (Å²) in [5.74, 6) is 0.826. The maximum atomic E-state index is 3.43. The summed E-state index contributed by atoms with van der Waals surface area (Å²) in [5, 5.41) is 3.43. The quantitative estimate of drug-likeness (QED) is 0.861. The molecule has 1 unspecified atom stereocenters. The molecule has 0 aromatic heterocycles. The van der Waals surface area contributed by atoms with Crippen molar-refractivity contribution < 1.29 is 0 Å². The van der Waals surface area contributed by atoms with E-state index in [9.17, 15) is 0 Å². The van der Waals surface area contributed by atoms with Crippen molar-refractivity contribution in [3.05, 3.63) is 60.2 Å². The Bertz CT molecular complexity index is 481. The van der Waals surface area contributed by atoms with Crippen LogP contribution in [0.25, 0.3) is 11.1 Å². The molecule has 1 nitrogen and oxygen atoms in total. The minimum Gasteiger partial charge on any atom is -0.316 e. The molecule has 2 aromatic carbocycles. The molecule has 3 rings (SSSR count). The minimum atomic E-state index is 0.826. The molecule has 1 saturated heterocycles. The van der Waals surface area contributed by atoms with Gasteiger partial charge in [-0.25, -0.2) is 0 Å². The maximum Gasteiger partial charge on any atom is -0.00169 e. The fourth-order valence-electron chi connectivity index (χ4n) is 2.69. The van der Waals surface area contributed by atoms with Crippen LogP contribution in [0.2, 0.25) is 0 Å². The second kappa shape index (κ2) is 5.36. The lowest BCUT2D eigenvalue weighted by molar-refractivity contribution is 0.580. The van der Waals surface area contributed by atoms with Gasteiger partial charge in [-0.3, -0.25) is 0 Å². The lowest BCUT2D eigenvalue weighted by Crippen LogP contribution is -2.10. The van der Waals surface area contributed by atoms with E-state index >= 15 is 0 Å². The summed E-state index contributed by atoms with van der Waals surface area (Å²) >= 11 is 0. The van der Waals surface area contributed by atoms with Gasteiger partial charge in [0, 0.05) is 0 Å². The minimum absolute atomic E-state index is 0.826. The van der Waals surface area contributed by atoms with E-state index in [2.05, 4.69) is 59.9 Å². The van der Waals surface area contributed by atoms with Gasteiger partial charge in [0.25, 0.3) is 0 Å². The Hall–Kier alpha value is -1.60. The summed E-state index contributed by atoms with van der Waals surface area (Å²) in [6.45, 7) is 2.37. The van der Waals surface area contributed by atoms with E-state index in [4.69, 9.17) is 0 Å². The van der Waals surface area contributed by atoms with Gasteiger partial charge in [-0.2, -0.15) is 0 Å². The second-order valence-electron chi connectivity index (χ2n) is 5.13. The first kappa shape index (κ1) is 11.5. The topological polar surface area (TPSA) is 12.0 Å². The van der Waals surface area contributed by atoms with Crippen LogP contribution in [0.15, 0.2) is 54.6 Å². The highest BCUT2D eigenvalue weighted by molar-refractivity contribution is 5.63. The van der Waals surface area contributed by atoms with Crippen molar-refractivity contribution in [3.8, 4) is 11.1 Å². The molecule has 1 aliphatic rings. The van der Waals surface area contributed by atoms with Gasteiger partial charge in [0.1, 0.15) is 0 Å². The Morgan fingerprint density at radius 1 is 0.889 bits per heavy atom. The van der Waals surface area contributed by atoms with Crippen LogP contribution in [0.5, 0.6) is 0 Å². The van der Waals surface area contributed by atoms with Gasteiger partial charge in [-0.1, -0.05) is 54.6 Å². The van der Waals surface area contributed by atoms with Crippen LogP contribution < -0.4 is 5.32 Å². The predicted molar refractivity (Wildman–Crippen MR) is 76.6 cm³/mol. The van der Waals surface area contributed by atoms with Gasteiger partial charge in [0.15, 0.2) is 0 Å². The highest BCUT2D eigenvalue weighted by atomic mass is 14.9. The number of benzene rings is 2. The first-order valence-corrected chi connectivity index (χ1v) is 6.77. The summed E-state index contributed by atoms with van der Waals surface area (Å²) in [4.78, 5) is 0. The van der Waals surface area contributed by atoms with Crippen molar-refractivity contribution in [2.24, 2.45) is 5.92 Å². The second-order valence-corrected chi connectivity index (χ2v) is 5.13. The molecule has 2 aromatic rings. The summed E-state index contributed by atoms with van der Waals surface area (Å²) in [6.07, 6.45) is 2.53. The average molecular weight is 237 g/mol. The third-order valence-electron chi connectivity index (χ3n) is 3.75. The largest absolute Gasteiger partial charge is 0.316 e. The van der Waals surface area contributed by atoms with Gasteiger partial charge < -0.3 is 5.32 Å². The van der Waals surface area contributed by atoms with E-state index in [1.165, 1.54) is 42.6 Å². The van der Waals surface area contributed by atoms with Crippen molar-refractivity contribution in [2.45, 2.75) is 12.8 Å². The van der Waals surface area contributed by atoms with Gasteiger partial charge in [-0.15, -0.1) is 0 Å². The molecular weight excluding hydrogens is 218 g/mol. The highest BCUT2D eigenvalue weighted by Crippen LogP contribution is 2.21. The molecule has 18 heavy (non-hydrogen) atoms. The molecule has 1 atom stereocenters. The zero-order valence-corrected chi connectivity index (χ0v) is 10.6. The Morgan fingerprint density at radius 2 is 1.61 bits per heavy atom. The third kappa shape index (κ3) is 2.62. The van der Waals surface area contributed by atoms with E-state index in [0.29, 0.717) is 0 Å². The molecule has 0 amide bonds. The molecule has 0 saturated carbocycles. The molecule has 1 heterocycles. The zero-order chi connectivity index (χ0) is 12.2. The monoisotopic (exact) mass is 237 g/mol. The molecule has 0 bridgehead atoms. The maximum absolute atomic E-state index is 3.43. The summed E-state index contributed by atoms with van der Waals surface area (Å²) in [7, 11) is 0. The van der Waals surface area contributed by atoms with Crippen molar-refractivity contribution in [3.63, 3.8) is 0 Å². The summed E-state index contributed by atoms with van der Waals surface area (Å²) in [6, 6.07) is 19.6. The van der Waals surface area contributed by atoms with Gasteiger partial charge >= 0.3 is 0 Å². The number of nitrogens with one attached hydrogen (secondary N) is 1. The molecule has 0 spiro atoms. The van der Waals surface area contributed by atoms with Crippen LogP contribution >= 0.6 is 0 Å². The SMILES string of the molecule is c1ccc(-c2ccc(CC3CCNC3)cc2)cc1. The van der Waals surface area contributed by atoms with E-state index in [-0.39, 0.29) is 0 Å². The summed E-state index contributed by atoms with van der Waals surface area (Å²) in [5.41, 5.74) is 4.07. The number of hydrogen-bond donors (Lipinski definition) is 1. The molecule has 92 valence electrons. The molecule has 1 heteroatoms. The van der Waals surface area contributed by atoms with Crippen LogP contribution in [-0.2, 0) is 6.42 Å². The first-order chi connectivity index (χ1) is 8.92. The van der Waals surface area contributed by atoms with Gasteiger partial charge in [0.2, 0.25) is 0 Å². The van der Waals surface area contributed by atoms with Crippen LogP contribution in [0.1, 0.15) is 12.0 Å². The molecule has 0 aliphatic carbocycles. The fraction of sp³-hybridized carbons (Fsp3) is 0.294. The Labute approximate surface area is 109 Å². The standard InChI is InChI=1S/C17H19N/c1-2-4-16(5-3-1)17-8-6-14(7-9-17)12-15-10-11-18-13-15/h1-9,15,18H,10-13H2. The van der Waals surface area contributed by atoms with Gasteiger partial charge in [0.05, 0.1) is 0 Å². The Morgan fingerprint density at radius 3 is 2.28 bits per heavy atom. The van der Waals surface area contributed by atoms with Crippen LogP contribution in [0.4, 0.5) is 0 Å². The number of hydrogen-bond acceptors (Lipinski definition) is 1. The van der Waals surface area contributed by atoms with Crippen molar-refractivity contribution >= 4 is 0 Å². The third-order valence-corrected chi connectivity index (χ3v) is 3.75. The Balaban J connectivity index is 1.72. The van der Waals surface area contributed by atoms with Crippen LogP contribution in [0.3, 0.4) is 0 Å². The fourth-order valence-corrected chi connectivity index (χ4v) is 2.69. The van der Waals surface area contributed by atoms with E-state index in [1.807, 2.05) is 0 Å². The van der Waals surface area contributed by atoms with Crippen molar-refractivity contribution in [1.29, 1.82) is 0 Å². The normalized spacial score (nSPS) is 19.0. The lowest BCUT2D eigenvalue weighted by atomic mass is 9.96. The van der Waals surface area contributed by atoms with E-state index in [0.717, 1.165) is 5.92 Å². The smallest absolute Gasteiger partial charge is 0.00169 e.